The zero-order valence-electron chi connectivity index (χ0n) is 14.8. The van der Waals surface area contributed by atoms with Crippen LogP contribution in [0, 0.1) is 5.92 Å². The molecule has 1 unspecified atom stereocenters. The summed E-state index contributed by atoms with van der Waals surface area (Å²) in [4.78, 5) is 0. The van der Waals surface area contributed by atoms with Crippen LogP contribution >= 0.6 is 0 Å². The molecule has 0 bridgehead atoms. The summed E-state index contributed by atoms with van der Waals surface area (Å²) in [7, 11) is 0. The summed E-state index contributed by atoms with van der Waals surface area (Å²) in [5, 5.41) is 0. The van der Waals surface area contributed by atoms with Crippen molar-refractivity contribution in [3.63, 3.8) is 0 Å². The van der Waals surface area contributed by atoms with Gasteiger partial charge in [-0.05, 0) is 38.5 Å². The molecule has 1 atom stereocenters. The molecule has 0 aromatic heterocycles. The third kappa shape index (κ3) is 12.8. The van der Waals surface area contributed by atoms with E-state index in [9.17, 15) is 0 Å². The fourth-order valence-corrected chi connectivity index (χ4v) is 2.91. The van der Waals surface area contributed by atoms with Gasteiger partial charge in [-0.15, -0.1) is 0 Å². The van der Waals surface area contributed by atoms with Gasteiger partial charge in [0.1, 0.15) is 0 Å². The second-order valence-electron chi connectivity index (χ2n) is 6.56. The molecule has 0 heteroatoms. The molecule has 120 valence electrons. The SMILES string of the molecule is CCCCCCCC=C(C)CCCC(CC)CCCC. The van der Waals surface area contributed by atoms with Crippen molar-refractivity contribution in [2.24, 2.45) is 5.92 Å². The summed E-state index contributed by atoms with van der Waals surface area (Å²) in [6.07, 6.45) is 20.6. The first kappa shape index (κ1) is 19.7. The Hall–Kier alpha value is -0.260. The average Bonchev–Trinajstić information content (AvgIpc) is 2.46. The predicted molar refractivity (Wildman–Crippen MR) is 94.3 cm³/mol. The topological polar surface area (TPSA) is 0 Å². The van der Waals surface area contributed by atoms with E-state index in [-0.39, 0.29) is 0 Å². The first-order chi connectivity index (χ1) is 9.74. The van der Waals surface area contributed by atoms with Crippen molar-refractivity contribution < 1.29 is 0 Å². The van der Waals surface area contributed by atoms with Crippen LogP contribution in [0.4, 0.5) is 0 Å². The van der Waals surface area contributed by atoms with Crippen molar-refractivity contribution in [3.8, 4) is 0 Å². The van der Waals surface area contributed by atoms with E-state index in [2.05, 4.69) is 33.8 Å². The van der Waals surface area contributed by atoms with Gasteiger partial charge in [0.25, 0.3) is 0 Å². The Bertz CT molecular complexity index is 214. The lowest BCUT2D eigenvalue weighted by molar-refractivity contribution is 0.410. The van der Waals surface area contributed by atoms with Crippen molar-refractivity contribution >= 4 is 0 Å². The van der Waals surface area contributed by atoms with Gasteiger partial charge in [-0.1, -0.05) is 90.2 Å². The number of unbranched alkanes of at least 4 members (excludes halogenated alkanes) is 6. The number of hydrogen-bond donors (Lipinski definition) is 0. The van der Waals surface area contributed by atoms with Crippen LogP contribution < -0.4 is 0 Å². The van der Waals surface area contributed by atoms with Crippen LogP contribution in [0.25, 0.3) is 0 Å². The second kappa shape index (κ2) is 15.1. The minimum absolute atomic E-state index is 0.983. The largest absolute Gasteiger partial charge is 0.0856 e. The summed E-state index contributed by atoms with van der Waals surface area (Å²) in [5.74, 6) is 0.983. The van der Waals surface area contributed by atoms with Crippen molar-refractivity contribution in [1.29, 1.82) is 0 Å². The Morgan fingerprint density at radius 1 is 0.800 bits per heavy atom. The molecular formula is C20H40. The third-order valence-electron chi connectivity index (χ3n) is 4.53. The van der Waals surface area contributed by atoms with Gasteiger partial charge in [0.05, 0.1) is 0 Å². The van der Waals surface area contributed by atoms with E-state index in [4.69, 9.17) is 0 Å². The molecule has 0 spiro atoms. The number of hydrogen-bond acceptors (Lipinski definition) is 0. The lowest BCUT2D eigenvalue weighted by atomic mass is 9.92. The van der Waals surface area contributed by atoms with Gasteiger partial charge in [0.15, 0.2) is 0 Å². The first-order valence-electron chi connectivity index (χ1n) is 9.40. The van der Waals surface area contributed by atoms with Gasteiger partial charge in [-0.3, -0.25) is 0 Å². The molecule has 0 radical (unpaired) electrons. The van der Waals surface area contributed by atoms with Crippen LogP contribution in [0.3, 0.4) is 0 Å². The van der Waals surface area contributed by atoms with Crippen LogP contribution in [0.15, 0.2) is 11.6 Å². The molecule has 20 heavy (non-hydrogen) atoms. The number of rotatable bonds is 14. The Labute approximate surface area is 129 Å². The molecule has 0 saturated carbocycles. The summed E-state index contributed by atoms with van der Waals surface area (Å²) in [6, 6.07) is 0. The molecular weight excluding hydrogens is 240 g/mol. The third-order valence-corrected chi connectivity index (χ3v) is 4.53. The minimum Gasteiger partial charge on any atom is -0.0856 e. The van der Waals surface area contributed by atoms with Gasteiger partial charge in [-0.2, -0.15) is 0 Å². The van der Waals surface area contributed by atoms with Gasteiger partial charge < -0.3 is 0 Å². The van der Waals surface area contributed by atoms with E-state index in [1.54, 1.807) is 5.57 Å². The highest BCUT2D eigenvalue weighted by molar-refractivity contribution is 4.97. The molecule has 0 heterocycles. The van der Waals surface area contributed by atoms with Crippen LogP contribution in [-0.4, -0.2) is 0 Å². The standard InChI is InChI=1S/C20H40/c1-5-8-10-11-12-13-15-19(4)16-14-18-20(7-3)17-9-6-2/h15,20H,5-14,16-18H2,1-4H3. The molecule has 0 aromatic rings. The Morgan fingerprint density at radius 2 is 1.45 bits per heavy atom. The van der Waals surface area contributed by atoms with E-state index in [1.165, 1.54) is 83.5 Å². The van der Waals surface area contributed by atoms with Gasteiger partial charge in [0, 0.05) is 0 Å². The Kier molecular flexibility index (Phi) is 14.9. The predicted octanol–water partition coefficient (Wildman–Crippen LogP) is 7.68. The Morgan fingerprint density at radius 3 is 2.10 bits per heavy atom. The summed E-state index contributed by atoms with van der Waals surface area (Å²) in [5.41, 5.74) is 1.63. The van der Waals surface area contributed by atoms with E-state index < -0.39 is 0 Å². The highest BCUT2D eigenvalue weighted by atomic mass is 14.1. The molecule has 0 aliphatic carbocycles. The van der Waals surface area contributed by atoms with Gasteiger partial charge >= 0.3 is 0 Å². The molecule has 0 N–H and O–H groups in total. The van der Waals surface area contributed by atoms with Crippen molar-refractivity contribution in [2.75, 3.05) is 0 Å². The normalized spacial score (nSPS) is 13.7. The fourth-order valence-electron chi connectivity index (χ4n) is 2.91. The highest BCUT2D eigenvalue weighted by Gasteiger charge is 2.05. The van der Waals surface area contributed by atoms with Crippen LogP contribution in [0.1, 0.15) is 111 Å². The summed E-state index contributed by atoms with van der Waals surface area (Å²) in [6.45, 7) is 9.28. The maximum Gasteiger partial charge on any atom is -0.0323 e. The molecule has 0 saturated heterocycles. The smallest absolute Gasteiger partial charge is 0.0323 e. The zero-order chi connectivity index (χ0) is 15.1. The minimum atomic E-state index is 0.983. The fraction of sp³-hybridized carbons (Fsp3) is 0.900. The lowest BCUT2D eigenvalue weighted by Gasteiger charge is -2.14. The van der Waals surface area contributed by atoms with Crippen LogP contribution in [-0.2, 0) is 0 Å². The highest BCUT2D eigenvalue weighted by Crippen LogP contribution is 2.21. The zero-order valence-corrected chi connectivity index (χ0v) is 14.8. The lowest BCUT2D eigenvalue weighted by Crippen LogP contribution is -1.98. The molecule has 0 rings (SSSR count). The quantitative estimate of drug-likeness (QED) is 0.226. The molecule has 0 fully saturated rings. The van der Waals surface area contributed by atoms with E-state index in [1.807, 2.05) is 0 Å². The van der Waals surface area contributed by atoms with E-state index >= 15 is 0 Å². The maximum atomic E-state index is 2.50. The van der Waals surface area contributed by atoms with Gasteiger partial charge in [-0.25, -0.2) is 0 Å². The average molecular weight is 281 g/mol. The molecule has 0 aromatic carbocycles. The molecule has 0 nitrogen and oxygen atoms in total. The van der Waals surface area contributed by atoms with E-state index in [0.29, 0.717) is 0 Å². The van der Waals surface area contributed by atoms with Crippen LogP contribution in [0.2, 0.25) is 0 Å². The molecule has 0 aliphatic heterocycles. The van der Waals surface area contributed by atoms with E-state index in [0.717, 1.165) is 5.92 Å². The van der Waals surface area contributed by atoms with Crippen molar-refractivity contribution in [3.05, 3.63) is 11.6 Å². The maximum absolute atomic E-state index is 2.50. The second-order valence-corrected chi connectivity index (χ2v) is 6.56. The monoisotopic (exact) mass is 280 g/mol. The summed E-state index contributed by atoms with van der Waals surface area (Å²) >= 11 is 0. The van der Waals surface area contributed by atoms with Crippen molar-refractivity contribution in [1.82, 2.24) is 0 Å². The summed E-state index contributed by atoms with van der Waals surface area (Å²) < 4.78 is 0. The Balaban J connectivity index is 3.56. The molecule has 0 aliphatic rings. The van der Waals surface area contributed by atoms with Gasteiger partial charge in [0.2, 0.25) is 0 Å². The van der Waals surface area contributed by atoms with Crippen molar-refractivity contribution in [2.45, 2.75) is 111 Å². The first-order valence-corrected chi connectivity index (χ1v) is 9.40. The number of allylic oxidation sites excluding steroid dienone is 2. The van der Waals surface area contributed by atoms with Crippen LogP contribution in [0.5, 0.6) is 0 Å². The molecule has 0 amide bonds.